The lowest BCUT2D eigenvalue weighted by Gasteiger charge is -2.54. The number of nitrogens with one attached hydrogen (secondary N) is 1. The number of piperazine rings is 1. The Morgan fingerprint density at radius 1 is 0.875 bits per heavy atom. The molecule has 4 saturated carbocycles. The summed E-state index contributed by atoms with van der Waals surface area (Å²) in [5.74, 6) is 4.33. The van der Waals surface area contributed by atoms with E-state index in [1.807, 2.05) is 0 Å². The second-order valence-corrected chi connectivity index (χ2v) is 8.97. The predicted molar refractivity (Wildman–Crippen MR) is 97.2 cm³/mol. The third-order valence-corrected chi connectivity index (χ3v) is 7.65. The number of hydrogen-bond donors (Lipinski definition) is 1. The van der Waals surface area contributed by atoms with E-state index in [0.29, 0.717) is 17.9 Å². The van der Waals surface area contributed by atoms with Crippen molar-refractivity contribution < 1.29 is 4.79 Å². The van der Waals surface area contributed by atoms with Gasteiger partial charge in [-0.05, 0) is 62.2 Å². The quantitative estimate of drug-likeness (QED) is 0.824. The Morgan fingerprint density at radius 2 is 1.50 bits per heavy atom. The number of carbonyl (C=O) groups is 1. The summed E-state index contributed by atoms with van der Waals surface area (Å²) in [4.78, 5) is 18.1. The van der Waals surface area contributed by atoms with E-state index in [2.05, 4.69) is 15.1 Å². The molecule has 0 radical (unpaired) electrons. The largest absolute Gasteiger partial charge is 0.341 e. The summed E-state index contributed by atoms with van der Waals surface area (Å²) in [7, 11) is 0. The van der Waals surface area contributed by atoms with Crippen LogP contribution in [0, 0.1) is 29.6 Å². The molecule has 2 saturated heterocycles. The molecule has 1 amide bonds. The van der Waals surface area contributed by atoms with E-state index in [9.17, 15) is 4.79 Å². The highest BCUT2D eigenvalue weighted by Gasteiger charge is 2.52. The van der Waals surface area contributed by atoms with Crippen LogP contribution in [0.5, 0.6) is 0 Å². The SMILES string of the molecule is Cl.O=C(C1C2CC3CC(C2)CC1C3)N1CCC(N2CCNCC2)C1. The molecule has 5 heteroatoms. The van der Waals surface area contributed by atoms with Crippen molar-refractivity contribution in [1.29, 1.82) is 0 Å². The normalized spacial score (nSPS) is 44.6. The van der Waals surface area contributed by atoms with Gasteiger partial charge in [-0.15, -0.1) is 12.4 Å². The zero-order chi connectivity index (χ0) is 15.4. The van der Waals surface area contributed by atoms with Gasteiger partial charge in [0.25, 0.3) is 0 Å². The molecule has 136 valence electrons. The van der Waals surface area contributed by atoms with Gasteiger partial charge in [-0.3, -0.25) is 9.69 Å². The van der Waals surface area contributed by atoms with Gasteiger partial charge in [-0.2, -0.15) is 0 Å². The summed E-state index contributed by atoms with van der Waals surface area (Å²) in [6, 6.07) is 0.623. The van der Waals surface area contributed by atoms with Crippen molar-refractivity contribution in [1.82, 2.24) is 15.1 Å². The van der Waals surface area contributed by atoms with E-state index in [1.165, 1.54) is 38.5 Å². The average Bonchev–Trinajstić information content (AvgIpc) is 3.04. The maximum atomic E-state index is 13.3. The van der Waals surface area contributed by atoms with Crippen LogP contribution >= 0.6 is 12.4 Å². The minimum absolute atomic E-state index is 0. The number of hydrogen-bond acceptors (Lipinski definition) is 3. The molecule has 1 unspecified atom stereocenters. The fourth-order valence-electron chi connectivity index (χ4n) is 6.83. The molecular formula is C19H32ClN3O. The average molecular weight is 354 g/mol. The zero-order valence-corrected chi connectivity index (χ0v) is 15.5. The van der Waals surface area contributed by atoms with E-state index in [-0.39, 0.29) is 12.4 Å². The van der Waals surface area contributed by atoms with Crippen LogP contribution in [-0.2, 0) is 4.79 Å². The van der Waals surface area contributed by atoms with E-state index >= 15 is 0 Å². The van der Waals surface area contributed by atoms with E-state index in [1.54, 1.807) is 0 Å². The fraction of sp³-hybridized carbons (Fsp3) is 0.947. The maximum Gasteiger partial charge on any atom is 0.226 e. The van der Waals surface area contributed by atoms with Gasteiger partial charge in [0.1, 0.15) is 0 Å². The van der Waals surface area contributed by atoms with E-state index < -0.39 is 0 Å². The topological polar surface area (TPSA) is 35.6 Å². The molecular weight excluding hydrogens is 322 g/mol. The summed E-state index contributed by atoms with van der Waals surface area (Å²) >= 11 is 0. The summed E-state index contributed by atoms with van der Waals surface area (Å²) in [5, 5.41) is 3.44. The van der Waals surface area contributed by atoms with Gasteiger partial charge in [0.2, 0.25) is 5.91 Å². The number of likely N-dealkylation sites (tertiary alicyclic amines) is 1. The van der Waals surface area contributed by atoms with Crippen molar-refractivity contribution in [2.75, 3.05) is 39.3 Å². The molecule has 6 rings (SSSR count). The van der Waals surface area contributed by atoms with Crippen LogP contribution < -0.4 is 5.32 Å². The molecule has 1 N–H and O–H groups in total. The fourth-order valence-corrected chi connectivity index (χ4v) is 6.83. The highest BCUT2D eigenvalue weighted by Crippen LogP contribution is 2.57. The molecule has 1 atom stereocenters. The van der Waals surface area contributed by atoms with E-state index in [0.717, 1.165) is 62.9 Å². The summed E-state index contributed by atoms with van der Waals surface area (Å²) in [5.41, 5.74) is 0. The lowest BCUT2D eigenvalue weighted by atomic mass is 9.51. The van der Waals surface area contributed by atoms with Crippen LogP contribution in [0.15, 0.2) is 0 Å². The number of halogens is 1. The Hall–Kier alpha value is -0.320. The molecule has 4 nitrogen and oxygen atoms in total. The Kier molecular flexibility index (Phi) is 4.83. The first kappa shape index (κ1) is 17.1. The molecule has 0 aromatic carbocycles. The minimum Gasteiger partial charge on any atom is -0.341 e. The van der Waals surface area contributed by atoms with Crippen LogP contribution in [-0.4, -0.2) is 61.0 Å². The van der Waals surface area contributed by atoms with Crippen LogP contribution in [0.3, 0.4) is 0 Å². The monoisotopic (exact) mass is 353 g/mol. The van der Waals surface area contributed by atoms with Gasteiger partial charge in [0, 0.05) is 51.2 Å². The second-order valence-electron chi connectivity index (χ2n) is 8.97. The van der Waals surface area contributed by atoms with Crippen molar-refractivity contribution in [2.45, 2.75) is 44.6 Å². The maximum absolute atomic E-state index is 13.3. The molecule has 6 aliphatic rings. The third-order valence-electron chi connectivity index (χ3n) is 7.65. The van der Waals surface area contributed by atoms with E-state index in [4.69, 9.17) is 0 Å². The lowest BCUT2D eigenvalue weighted by Crippen LogP contribution is -2.52. The van der Waals surface area contributed by atoms with Crippen LogP contribution in [0.2, 0.25) is 0 Å². The molecule has 0 spiro atoms. The molecule has 2 heterocycles. The minimum atomic E-state index is 0. The molecule has 0 aromatic heterocycles. The zero-order valence-electron chi connectivity index (χ0n) is 14.7. The predicted octanol–water partition coefficient (Wildman–Crippen LogP) is 1.99. The number of amides is 1. The van der Waals surface area contributed by atoms with Gasteiger partial charge in [0.15, 0.2) is 0 Å². The van der Waals surface area contributed by atoms with Crippen LogP contribution in [0.4, 0.5) is 0 Å². The molecule has 24 heavy (non-hydrogen) atoms. The molecule has 2 aliphatic heterocycles. The number of nitrogens with zero attached hydrogens (tertiary/aromatic N) is 2. The first-order valence-corrected chi connectivity index (χ1v) is 10.0. The Morgan fingerprint density at radius 3 is 2.12 bits per heavy atom. The van der Waals surface area contributed by atoms with Crippen molar-refractivity contribution in [2.24, 2.45) is 29.6 Å². The summed E-state index contributed by atoms with van der Waals surface area (Å²) in [6.45, 7) is 6.55. The van der Waals surface area contributed by atoms with Crippen molar-refractivity contribution in [3.05, 3.63) is 0 Å². The molecule has 6 fully saturated rings. The van der Waals surface area contributed by atoms with Crippen LogP contribution in [0.1, 0.15) is 38.5 Å². The highest BCUT2D eigenvalue weighted by molar-refractivity contribution is 5.85. The van der Waals surface area contributed by atoms with Crippen molar-refractivity contribution in [3.8, 4) is 0 Å². The molecule has 4 bridgehead atoms. The van der Waals surface area contributed by atoms with Crippen LogP contribution in [0.25, 0.3) is 0 Å². The van der Waals surface area contributed by atoms with Gasteiger partial charge >= 0.3 is 0 Å². The standard InChI is InChI=1S/C19H31N3O.ClH/c23-19(18-15-8-13-7-14(10-15)11-16(18)9-13)22-4-1-17(12-22)21-5-2-20-3-6-21;/h13-18,20H,1-12H2;1H. The lowest BCUT2D eigenvalue weighted by molar-refractivity contribution is -0.148. The first-order valence-electron chi connectivity index (χ1n) is 10.0. The molecule has 4 aliphatic carbocycles. The van der Waals surface area contributed by atoms with Gasteiger partial charge in [-0.1, -0.05) is 0 Å². The van der Waals surface area contributed by atoms with Crippen molar-refractivity contribution in [3.63, 3.8) is 0 Å². The number of carbonyl (C=O) groups excluding carboxylic acids is 1. The van der Waals surface area contributed by atoms with Gasteiger partial charge < -0.3 is 10.2 Å². The third kappa shape index (κ3) is 2.89. The Labute approximate surface area is 152 Å². The Bertz CT molecular complexity index is 451. The summed E-state index contributed by atoms with van der Waals surface area (Å²) < 4.78 is 0. The van der Waals surface area contributed by atoms with Crippen molar-refractivity contribution >= 4 is 18.3 Å². The number of rotatable bonds is 2. The first-order chi connectivity index (χ1) is 11.3. The van der Waals surface area contributed by atoms with Gasteiger partial charge in [-0.25, -0.2) is 0 Å². The second kappa shape index (κ2) is 6.77. The smallest absolute Gasteiger partial charge is 0.226 e. The molecule has 0 aromatic rings. The van der Waals surface area contributed by atoms with Gasteiger partial charge in [0.05, 0.1) is 0 Å². The summed E-state index contributed by atoms with van der Waals surface area (Å²) in [6.07, 6.45) is 8.11. The Balaban J connectivity index is 0.00000146. The highest BCUT2D eigenvalue weighted by atomic mass is 35.5.